The van der Waals surface area contributed by atoms with Crippen LogP contribution in [0.4, 0.5) is 17.6 Å². The maximum atomic E-state index is 14.0. The first kappa shape index (κ1) is 18.4. The number of halogens is 4. The van der Waals surface area contributed by atoms with Crippen molar-refractivity contribution in [2.24, 2.45) is 11.7 Å². The summed E-state index contributed by atoms with van der Waals surface area (Å²) in [5, 5.41) is 0. The molecule has 0 saturated heterocycles. The lowest BCUT2D eigenvalue weighted by atomic mass is 9.86. The van der Waals surface area contributed by atoms with Crippen molar-refractivity contribution in [2.75, 3.05) is 0 Å². The van der Waals surface area contributed by atoms with Gasteiger partial charge in [-0.2, -0.15) is 13.2 Å². The summed E-state index contributed by atoms with van der Waals surface area (Å²) in [4.78, 5) is 15.1. The number of amides is 1. The average molecular weight is 366 g/mol. The van der Waals surface area contributed by atoms with Gasteiger partial charge in [-0.3, -0.25) is 9.78 Å². The molecule has 2 N–H and O–H groups in total. The quantitative estimate of drug-likeness (QED) is 0.767. The third-order valence-electron chi connectivity index (χ3n) is 4.68. The second-order valence-electron chi connectivity index (χ2n) is 6.69. The van der Waals surface area contributed by atoms with E-state index in [1.807, 2.05) is 0 Å². The van der Waals surface area contributed by atoms with Gasteiger partial charge >= 0.3 is 6.18 Å². The third kappa shape index (κ3) is 4.20. The van der Waals surface area contributed by atoms with Crippen LogP contribution in [0.2, 0.25) is 0 Å². The second kappa shape index (κ2) is 7.05. The molecule has 3 nitrogen and oxygen atoms in total. The van der Waals surface area contributed by atoms with E-state index < -0.39 is 23.6 Å². The van der Waals surface area contributed by atoms with E-state index in [1.165, 1.54) is 24.4 Å². The van der Waals surface area contributed by atoms with E-state index in [1.54, 1.807) is 6.07 Å². The molecule has 0 aliphatic heterocycles. The summed E-state index contributed by atoms with van der Waals surface area (Å²) in [5.41, 5.74) is 5.29. The first-order valence-corrected chi connectivity index (χ1v) is 8.36. The van der Waals surface area contributed by atoms with Gasteiger partial charge in [0.25, 0.3) is 5.91 Å². The summed E-state index contributed by atoms with van der Waals surface area (Å²) in [6.45, 7) is 0. The van der Waals surface area contributed by atoms with Gasteiger partial charge in [-0.25, -0.2) is 4.39 Å². The van der Waals surface area contributed by atoms with Gasteiger partial charge in [0.05, 0.1) is 5.56 Å². The molecule has 1 amide bonds. The number of benzene rings is 1. The molecular weight excluding hydrogens is 348 g/mol. The smallest absolute Gasteiger partial charge is 0.365 e. The van der Waals surface area contributed by atoms with Gasteiger partial charge < -0.3 is 5.73 Å². The maximum Gasteiger partial charge on any atom is 0.433 e. The summed E-state index contributed by atoms with van der Waals surface area (Å²) in [6, 6.07) is 6.65. The number of primary amides is 1. The zero-order valence-electron chi connectivity index (χ0n) is 13.9. The number of pyridine rings is 1. The Hall–Kier alpha value is -2.44. The van der Waals surface area contributed by atoms with Gasteiger partial charge in [0.2, 0.25) is 0 Å². The minimum absolute atomic E-state index is 0.155. The molecule has 3 rings (SSSR count). The number of nitrogens with zero attached hydrogens (tertiary/aromatic N) is 1. The molecule has 138 valence electrons. The molecule has 1 saturated carbocycles. The summed E-state index contributed by atoms with van der Waals surface area (Å²) >= 11 is 0. The number of nitrogens with two attached hydrogens (primary N) is 1. The minimum Gasteiger partial charge on any atom is -0.365 e. The Labute approximate surface area is 148 Å². The van der Waals surface area contributed by atoms with Crippen LogP contribution < -0.4 is 5.73 Å². The van der Waals surface area contributed by atoms with Crippen molar-refractivity contribution < 1.29 is 22.4 Å². The molecule has 1 aliphatic carbocycles. The predicted molar refractivity (Wildman–Crippen MR) is 87.9 cm³/mol. The molecule has 0 spiro atoms. The highest BCUT2D eigenvalue weighted by atomic mass is 19.4. The van der Waals surface area contributed by atoms with Crippen molar-refractivity contribution in [3.8, 4) is 0 Å². The van der Waals surface area contributed by atoms with Crippen LogP contribution in [-0.2, 0) is 12.6 Å². The maximum absolute atomic E-state index is 14.0. The minimum atomic E-state index is -4.49. The van der Waals surface area contributed by atoms with Crippen LogP contribution in [0.15, 0.2) is 36.5 Å². The molecule has 7 heteroatoms. The lowest BCUT2D eigenvalue weighted by Gasteiger charge is -2.19. The van der Waals surface area contributed by atoms with Gasteiger partial charge in [0.1, 0.15) is 11.5 Å². The Bertz CT molecular complexity index is 798. The first-order chi connectivity index (χ1) is 12.3. The van der Waals surface area contributed by atoms with E-state index in [-0.39, 0.29) is 11.5 Å². The van der Waals surface area contributed by atoms with E-state index in [9.17, 15) is 22.4 Å². The number of carbonyl (C=O) groups is 1. The predicted octanol–water partition coefficient (Wildman–Crippen LogP) is 4.46. The van der Waals surface area contributed by atoms with Gasteiger partial charge in [-0.05, 0) is 47.9 Å². The van der Waals surface area contributed by atoms with Gasteiger partial charge in [0, 0.05) is 6.20 Å². The zero-order valence-corrected chi connectivity index (χ0v) is 13.9. The Kier molecular flexibility index (Phi) is 4.98. The molecule has 1 aromatic carbocycles. The molecule has 1 aliphatic rings. The number of rotatable bonds is 6. The van der Waals surface area contributed by atoms with E-state index >= 15 is 0 Å². The van der Waals surface area contributed by atoms with E-state index in [2.05, 4.69) is 4.98 Å². The fourth-order valence-electron chi connectivity index (χ4n) is 3.19. The van der Waals surface area contributed by atoms with Crippen molar-refractivity contribution in [3.63, 3.8) is 0 Å². The van der Waals surface area contributed by atoms with Crippen LogP contribution in [0.25, 0.3) is 0 Å². The van der Waals surface area contributed by atoms with Crippen molar-refractivity contribution in [3.05, 3.63) is 64.7 Å². The summed E-state index contributed by atoms with van der Waals surface area (Å²) in [5.74, 6) is -1.20. The number of aromatic nitrogens is 1. The number of carbonyl (C=O) groups excluding carboxylic acids is 1. The van der Waals surface area contributed by atoms with Crippen LogP contribution in [-0.4, -0.2) is 10.9 Å². The highest BCUT2D eigenvalue weighted by Gasteiger charge is 2.33. The van der Waals surface area contributed by atoms with Gasteiger partial charge in [-0.1, -0.05) is 31.0 Å². The fraction of sp³-hybridized carbons (Fsp3) is 0.368. The summed E-state index contributed by atoms with van der Waals surface area (Å²) in [6.07, 6.45) is -0.0700. The monoisotopic (exact) mass is 366 g/mol. The fourth-order valence-corrected chi connectivity index (χ4v) is 3.19. The highest BCUT2D eigenvalue weighted by molar-refractivity contribution is 5.94. The first-order valence-electron chi connectivity index (χ1n) is 8.36. The number of alkyl halides is 3. The molecule has 1 atom stereocenters. The summed E-state index contributed by atoms with van der Waals surface area (Å²) in [7, 11) is 0. The van der Waals surface area contributed by atoms with E-state index in [4.69, 9.17) is 5.73 Å². The second-order valence-corrected chi connectivity index (χ2v) is 6.69. The Morgan fingerprint density at radius 1 is 1.23 bits per heavy atom. The lowest BCUT2D eigenvalue weighted by Crippen LogP contribution is -2.18. The number of hydrogen-bond acceptors (Lipinski definition) is 2. The van der Waals surface area contributed by atoms with Crippen LogP contribution in [0.3, 0.4) is 0 Å². The molecular formula is C19H18F4N2O. The topological polar surface area (TPSA) is 56.0 Å². The molecule has 1 aromatic heterocycles. The Morgan fingerprint density at radius 2 is 1.96 bits per heavy atom. The van der Waals surface area contributed by atoms with Crippen molar-refractivity contribution in [2.45, 2.75) is 37.8 Å². The van der Waals surface area contributed by atoms with Crippen LogP contribution in [0.5, 0.6) is 0 Å². The van der Waals surface area contributed by atoms with E-state index in [0.717, 1.165) is 25.3 Å². The standard InChI is InChI=1S/C19H18F4N2O/c20-15-3-1-2-12(17(15)18(24)26)9-14(8-11-4-5-11)13-6-7-16(25-10-13)19(21,22)23/h1-3,6-7,10-11,14H,4-5,8-9H2,(H2,24,26). The molecule has 2 aromatic rings. The van der Waals surface area contributed by atoms with Gasteiger partial charge in [-0.15, -0.1) is 0 Å². The van der Waals surface area contributed by atoms with Crippen LogP contribution in [0.1, 0.15) is 52.4 Å². The highest BCUT2D eigenvalue weighted by Crippen LogP contribution is 2.40. The Morgan fingerprint density at radius 3 is 2.50 bits per heavy atom. The zero-order chi connectivity index (χ0) is 18.9. The molecule has 0 bridgehead atoms. The van der Waals surface area contributed by atoms with E-state index in [0.29, 0.717) is 23.5 Å². The number of hydrogen-bond donors (Lipinski definition) is 1. The van der Waals surface area contributed by atoms with Crippen molar-refractivity contribution in [1.82, 2.24) is 4.98 Å². The molecule has 26 heavy (non-hydrogen) atoms. The van der Waals surface area contributed by atoms with Crippen molar-refractivity contribution in [1.29, 1.82) is 0 Å². The van der Waals surface area contributed by atoms with Crippen molar-refractivity contribution >= 4 is 5.91 Å². The normalized spacial score (nSPS) is 15.7. The molecule has 1 fully saturated rings. The Balaban J connectivity index is 1.90. The largest absolute Gasteiger partial charge is 0.433 e. The lowest BCUT2D eigenvalue weighted by molar-refractivity contribution is -0.141. The van der Waals surface area contributed by atoms with Gasteiger partial charge in [0.15, 0.2) is 0 Å². The van der Waals surface area contributed by atoms with Crippen LogP contribution >= 0.6 is 0 Å². The molecule has 1 heterocycles. The third-order valence-corrected chi connectivity index (χ3v) is 4.68. The molecule has 0 radical (unpaired) electrons. The molecule has 1 unspecified atom stereocenters. The average Bonchev–Trinajstić information content (AvgIpc) is 3.37. The van der Waals surface area contributed by atoms with Crippen LogP contribution in [0, 0.1) is 11.7 Å². The summed E-state index contributed by atoms with van der Waals surface area (Å²) < 4.78 is 52.1. The SMILES string of the molecule is NC(=O)c1c(F)cccc1CC(CC1CC1)c1ccc(C(F)(F)F)nc1.